The van der Waals surface area contributed by atoms with Crippen LogP contribution in [0.15, 0.2) is 52.5 Å². The van der Waals surface area contributed by atoms with Crippen molar-refractivity contribution in [3.05, 3.63) is 75.7 Å². The molecule has 1 aromatic heterocycles. The lowest BCUT2D eigenvalue weighted by Crippen LogP contribution is -2.29. The fourth-order valence-electron chi connectivity index (χ4n) is 4.26. The molecule has 3 aromatic rings. The Morgan fingerprint density at radius 2 is 1.85 bits per heavy atom. The van der Waals surface area contributed by atoms with Crippen molar-refractivity contribution in [3.63, 3.8) is 0 Å². The van der Waals surface area contributed by atoms with Gasteiger partial charge in [-0.2, -0.15) is 0 Å². The lowest BCUT2D eigenvalue weighted by molar-refractivity contribution is -0.132. The maximum atomic E-state index is 13.3. The van der Waals surface area contributed by atoms with Crippen molar-refractivity contribution in [1.82, 2.24) is 0 Å². The maximum absolute atomic E-state index is 13.3. The van der Waals surface area contributed by atoms with E-state index in [1.807, 2.05) is 0 Å². The van der Waals surface area contributed by atoms with Crippen molar-refractivity contribution in [2.75, 3.05) is 18.8 Å². The van der Waals surface area contributed by atoms with Crippen LogP contribution in [0.5, 0.6) is 17.2 Å². The van der Waals surface area contributed by atoms with Crippen molar-refractivity contribution in [2.24, 2.45) is 0 Å². The van der Waals surface area contributed by atoms with E-state index in [-0.39, 0.29) is 28.7 Å². The summed E-state index contributed by atoms with van der Waals surface area (Å²) in [5, 5.41) is 11.6. The van der Waals surface area contributed by atoms with E-state index >= 15 is 0 Å². The molecule has 2 aliphatic rings. The van der Waals surface area contributed by atoms with E-state index in [1.165, 1.54) is 12.0 Å². The Bertz CT molecular complexity index is 1370. The topological polar surface area (TPSA) is 98.4 Å². The molecule has 1 amide bonds. The quantitative estimate of drug-likeness (QED) is 0.321. The molecule has 0 bridgehead atoms. The number of aliphatic hydroxyl groups is 1. The first-order valence-corrected chi connectivity index (χ1v) is 10.8. The zero-order valence-electron chi connectivity index (χ0n) is 18.5. The number of hydrogen-bond donors (Lipinski definition) is 1. The molecule has 8 nitrogen and oxygen atoms in total. The Hall–Kier alpha value is -3.91. The first-order chi connectivity index (χ1) is 16.3. The standard InChI is InChI=1S/C25H20ClNO7/c1-12-8-15(24(31-3)16(26)9-12)22(28)20-21(18-6-4-13(2)34-18)27(25(30)23(20)29)14-5-7-17-19(10-14)33-11-32-17/h4-10,21,28H,11H2,1-3H3/b22-20-. The number of aliphatic hydroxyl groups excluding tert-OH is 1. The summed E-state index contributed by atoms with van der Waals surface area (Å²) in [5.41, 5.74) is 1.18. The molecule has 1 saturated heterocycles. The Morgan fingerprint density at radius 1 is 1.09 bits per heavy atom. The number of nitrogens with zero attached hydrogens (tertiary/aromatic N) is 1. The van der Waals surface area contributed by atoms with Gasteiger partial charge in [-0.3, -0.25) is 14.5 Å². The van der Waals surface area contributed by atoms with Gasteiger partial charge in [0.15, 0.2) is 11.5 Å². The fourth-order valence-corrected chi connectivity index (χ4v) is 4.61. The normalized spacial score (nSPS) is 18.6. The van der Waals surface area contributed by atoms with Crippen LogP contribution in [0, 0.1) is 13.8 Å². The lowest BCUT2D eigenvalue weighted by Gasteiger charge is -2.24. The molecule has 1 atom stereocenters. The first kappa shape index (κ1) is 21.9. The monoisotopic (exact) mass is 481 g/mol. The van der Waals surface area contributed by atoms with Gasteiger partial charge < -0.3 is 23.7 Å². The molecule has 0 spiro atoms. The molecule has 0 aliphatic carbocycles. The minimum absolute atomic E-state index is 0.0618. The van der Waals surface area contributed by atoms with E-state index in [4.69, 9.17) is 30.2 Å². The van der Waals surface area contributed by atoms with Gasteiger partial charge in [0.1, 0.15) is 29.1 Å². The number of Topliss-reactive ketones (excluding diaryl/α,β-unsaturated/α-hetero) is 1. The molecule has 0 saturated carbocycles. The molecule has 1 N–H and O–H groups in total. The van der Waals surface area contributed by atoms with Crippen LogP contribution < -0.4 is 19.1 Å². The smallest absolute Gasteiger partial charge is 0.300 e. The van der Waals surface area contributed by atoms with Crippen LogP contribution in [-0.2, 0) is 9.59 Å². The van der Waals surface area contributed by atoms with Gasteiger partial charge in [-0.05, 0) is 55.8 Å². The SMILES string of the molecule is COc1c(Cl)cc(C)cc1/C(O)=C1/C(=O)C(=O)N(c2ccc3c(c2)OCO3)C1c1ccc(C)o1. The average Bonchev–Trinajstić information content (AvgIpc) is 3.51. The van der Waals surface area contributed by atoms with E-state index in [1.54, 1.807) is 56.3 Å². The van der Waals surface area contributed by atoms with Crippen molar-refractivity contribution in [3.8, 4) is 17.2 Å². The van der Waals surface area contributed by atoms with Crippen LogP contribution in [-0.4, -0.2) is 30.7 Å². The van der Waals surface area contributed by atoms with Crippen molar-refractivity contribution < 1.29 is 33.3 Å². The number of furan rings is 1. The number of benzene rings is 2. The van der Waals surface area contributed by atoms with Gasteiger partial charge in [0.25, 0.3) is 11.7 Å². The van der Waals surface area contributed by atoms with Crippen molar-refractivity contribution in [2.45, 2.75) is 19.9 Å². The van der Waals surface area contributed by atoms with Gasteiger partial charge >= 0.3 is 0 Å². The van der Waals surface area contributed by atoms with Crippen LogP contribution in [0.4, 0.5) is 5.69 Å². The predicted molar refractivity (Wildman–Crippen MR) is 124 cm³/mol. The minimum Gasteiger partial charge on any atom is -0.507 e. The fraction of sp³-hybridized carbons (Fsp3) is 0.200. The number of methoxy groups -OCH3 is 1. The number of carbonyl (C=O) groups excluding carboxylic acids is 2. The zero-order valence-corrected chi connectivity index (χ0v) is 19.3. The summed E-state index contributed by atoms with van der Waals surface area (Å²) in [7, 11) is 1.41. The van der Waals surface area contributed by atoms with Crippen molar-refractivity contribution in [1.29, 1.82) is 0 Å². The summed E-state index contributed by atoms with van der Waals surface area (Å²) in [4.78, 5) is 27.9. The zero-order chi connectivity index (χ0) is 24.1. The molecule has 2 aromatic carbocycles. The van der Waals surface area contributed by atoms with Crippen LogP contribution in [0.25, 0.3) is 5.76 Å². The third-order valence-electron chi connectivity index (χ3n) is 5.76. The molecule has 3 heterocycles. The number of ether oxygens (including phenoxy) is 3. The highest BCUT2D eigenvalue weighted by Crippen LogP contribution is 2.46. The second-order valence-electron chi connectivity index (χ2n) is 7.98. The highest BCUT2D eigenvalue weighted by Gasteiger charge is 2.49. The lowest BCUT2D eigenvalue weighted by atomic mass is 9.97. The molecule has 1 fully saturated rings. The number of ketones is 1. The third kappa shape index (κ3) is 3.38. The largest absolute Gasteiger partial charge is 0.507 e. The number of aryl methyl sites for hydroxylation is 2. The number of amides is 1. The van der Waals surface area contributed by atoms with Gasteiger partial charge in [-0.15, -0.1) is 0 Å². The number of fused-ring (bicyclic) bond motifs is 1. The van der Waals surface area contributed by atoms with E-state index < -0.39 is 23.5 Å². The molecule has 9 heteroatoms. The Kier molecular flexibility index (Phi) is 5.25. The Morgan fingerprint density at radius 3 is 2.56 bits per heavy atom. The molecule has 5 rings (SSSR count). The molecule has 2 aliphatic heterocycles. The van der Waals surface area contributed by atoms with Gasteiger partial charge in [-0.1, -0.05) is 11.6 Å². The first-order valence-electron chi connectivity index (χ1n) is 10.4. The Labute approximate surface area is 199 Å². The average molecular weight is 482 g/mol. The summed E-state index contributed by atoms with van der Waals surface area (Å²) in [5.74, 6) is -0.0375. The van der Waals surface area contributed by atoms with E-state index in [0.29, 0.717) is 28.7 Å². The molecule has 1 unspecified atom stereocenters. The summed E-state index contributed by atoms with van der Waals surface area (Å²) in [6.07, 6.45) is 0. The molecular formula is C25H20ClNO7. The molecular weight excluding hydrogens is 462 g/mol. The second kappa shape index (κ2) is 8.14. The summed E-state index contributed by atoms with van der Waals surface area (Å²) in [6, 6.07) is 10.6. The maximum Gasteiger partial charge on any atom is 0.300 e. The summed E-state index contributed by atoms with van der Waals surface area (Å²) < 4.78 is 22.0. The van der Waals surface area contributed by atoms with Crippen LogP contribution >= 0.6 is 11.6 Å². The Balaban J connectivity index is 1.74. The highest BCUT2D eigenvalue weighted by atomic mass is 35.5. The molecule has 0 radical (unpaired) electrons. The van der Waals surface area contributed by atoms with Crippen LogP contribution in [0.3, 0.4) is 0 Å². The third-order valence-corrected chi connectivity index (χ3v) is 6.04. The van der Waals surface area contributed by atoms with Crippen LogP contribution in [0.2, 0.25) is 5.02 Å². The number of carbonyl (C=O) groups is 2. The van der Waals surface area contributed by atoms with Gasteiger partial charge in [-0.25, -0.2) is 0 Å². The van der Waals surface area contributed by atoms with Gasteiger partial charge in [0.05, 0.1) is 23.3 Å². The summed E-state index contributed by atoms with van der Waals surface area (Å²) in [6.45, 7) is 3.60. The predicted octanol–water partition coefficient (Wildman–Crippen LogP) is 4.91. The van der Waals surface area contributed by atoms with Crippen molar-refractivity contribution >= 4 is 34.7 Å². The number of rotatable bonds is 4. The van der Waals surface area contributed by atoms with E-state index in [0.717, 1.165) is 5.56 Å². The minimum atomic E-state index is -1.03. The van der Waals surface area contributed by atoms with Gasteiger partial charge in [0, 0.05) is 11.8 Å². The number of halogens is 1. The molecule has 34 heavy (non-hydrogen) atoms. The van der Waals surface area contributed by atoms with Gasteiger partial charge in [0.2, 0.25) is 6.79 Å². The second-order valence-corrected chi connectivity index (χ2v) is 8.39. The number of anilines is 1. The number of hydrogen-bond acceptors (Lipinski definition) is 7. The van der Waals surface area contributed by atoms with E-state index in [2.05, 4.69) is 0 Å². The molecule has 174 valence electrons. The summed E-state index contributed by atoms with van der Waals surface area (Å²) >= 11 is 6.32. The van der Waals surface area contributed by atoms with Crippen LogP contribution in [0.1, 0.15) is 28.7 Å². The van der Waals surface area contributed by atoms with E-state index in [9.17, 15) is 14.7 Å². The highest BCUT2D eigenvalue weighted by molar-refractivity contribution is 6.51.